The molecule has 1 aliphatic rings. The maximum Gasteiger partial charge on any atom is 0.219 e. The van der Waals surface area contributed by atoms with E-state index in [1.807, 2.05) is 23.2 Å². The maximum atomic E-state index is 11.6. The minimum Gasteiger partial charge on any atom is -0.343 e. The molecule has 2 aromatic rings. The first-order valence-corrected chi connectivity index (χ1v) is 8.89. The monoisotopic (exact) mass is 338 g/mol. The molecule has 0 aromatic carbocycles. The fourth-order valence-corrected chi connectivity index (χ4v) is 3.29. The Hall–Kier alpha value is -2.30. The van der Waals surface area contributed by atoms with Gasteiger partial charge in [0.25, 0.3) is 0 Å². The first-order valence-electron chi connectivity index (χ1n) is 8.89. The number of carbonyl (C=O) groups excluding carboxylic acids is 1. The van der Waals surface area contributed by atoms with Crippen molar-refractivity contribution in [3.8, 4) is 11.1 Å². The standard InChI is InChI=1S/C20H26N4O/c1-14(25)24-11-7-16(8-12-24)18-17(15-5-9-21-10-6-15)13-22-19(23-18)20(2,3)4/h5-6,9-10,13,16H,7-8,11-12H2,1-4H3. The average molecular weight is 338 g/mol. The van der Waals surface area contributed by atoms with Gasteiger partial charge in [-0.1, -0.05) is 20.8 Å². The van der Waals surface area contributed by atoms with Gasteiger partial charge in [-0.15, -0.1) is 0 Å². The summed E-state index contributed by atoms with van der Waals surface area (Å²) in [5.41, 5.74) is 3.19. The highest BCUT2D eigenvalue weighted by molar-refractivity contribution is 5.73. The van der Waals surface area contributed by atoms with Crippen LogP contribution in [0.2, 0.25) is 0 Å². The lowest BCUT2D eigenvalue weighted by Gasteiger charge is -2.32. The third-order valence-corrected chi connectivity index (χ3v) is 4.81. The molecule has 1 fully saturated rings. The molecule has 5 heteroatoms. The van der Waals surface area contributed by atoms with Crippen LogP contribution in [0.3, 0.4) is 0 Å². The fourth-order valence-electron chi connectivity index (χ4n) is 3.29. The second-order valence-electron chi connectivity index (χ2n) is 7.76. The number of aromatic nitrogens is 3. The Labute approximate surface area is 149 Å². The zero-order chi connectivity index (χ0) is 18.0. The molecule has 0 N–H and O–H groups in total. The molecule has 0 unspecified atom stereocenters. The number of rotatable bonds is 2. The van der Waals surface area contributed by atoms with Crippen LogP contribution >= 0.6 is 0 Å². The predicted octanol–water partition coefficient (Wildman–Crippen LogP) is 3.56. The zero-order valence-electron chi connectivity index (χ0n) is 15.5. The van der Waals surface area contributed by atoms with Crippen LogP contribution in [0.25, 0.3) is 11.1 Å². The molecule has 1 amide bonds. The summed E-state index contributed by atoms with van der Waals surface area (Å²) in [5, 5.41) is 0. The van der Waals surface area contributed by atoms with Crippen LogP contribution in [0, 0.1) is 0 Å². The first-order chi connectivity index (χ1) is 11.9. The molecule has 0 saturated carbocycles. The van der Waals surface area contributed by atoms with Gasteiger partial charge in [0.15, 0.2) is 0 Å². The molecule has 0 bridgehead atoms. The number of carbonyl (C=O) groups is 1. The quantitative estimate of drug-likeness (QED) is 0.840. The highest BCUT2D eigenvalue weighted by atomic mass is 16.2. The summed E-state index contributed by atoms with van der Waals surface area (Å²) in [7, 11) is 0. The molecule has 5 nitrogen and oxygen atoms in total. The molecular weight excluding hydrogens is 312 g/mol. The lowest BCUT2D eigenvalue weighted by molar-refractivity contribution is -0.129. The largest absolute Gasteiger partial charge is 0.343 e. The van der Waals surface area contributed by atoms with Gasteiger partial charge in [0.1, 0.15) is 5.82 Å². The first kappa shape index (κ1) is 17.5. The number of likely N-dealkylation sites (tertiary alicyclic amines) is 1. The van der Waals surface area contributed by atoms with Gasteiger partial charge in [-0.05, 0) is 30.5 Å². The van der Waals surface area contributed by atoms with Crippen LogP contribution < -0.4 is 0 Å². The molecular formula is C20H26N4O. The highest BCUT2D eigenvalue weighted by Gasteiger charge is 2.27. The van der Waals surface area contributed by atoms with E-state index < -0.39 is 0 Å². The molecule has 3 heterocycles. The van der Waals surface area contributed by atoms with Crippen molar-refractivity contribution in [2.75, 3.05) is 13.1 Å². The number of pyridine rings is 1. The normalized spacial score (nSPS) is 16.1. The molecule has 0 radical (unpaired) electrons. The van der Waals surface area contributed by atoms with Crippen molar-refractivity contribution in [2.45, 2.75) is 51.9 Å². The van der Waals surface area contributed by atoms with Gasteiger partial charge in [0.05, 0.1) is 5.69 Å². The minimum atomic E-state index is -0.0917. The van der Waals surface area contributed by atoms with E-state index in [2.05, 4.69) is 30.7 Å². The Morgan fingerprint density at radius 2 is 1.80 bits per heavy atom. The number of amides is 1. The fraction of sp³-hybridized carbons (Fsp3) is 0.500. The minimum absolute atomic E-state index is 0.0917. The van der Waals surface area contributed by atoms with E-state index in [9.17, 15) is 4.79 Å². The van der Waals surface area contributed by atoms with E-state index >= 15 is 0 Å². The van der Waals surface area contributed by atoms with Crippen LogP contribution in [-0.2, 0) is 10.2 Å². The van der Waals surface area contributed by atoms with Crippen molar-refractivity contribution in [1.29, 1.82) is 0 Å². The molecule has 0 aliphatic carbocycles. The Bertz CT molecular complexity index is 744. The van der Waals surface area contributed by atoms with E-state index in [-0.39, 0.29) is 11.3 Å². The van der Waals surface area contributed by atoms with Crippen molar-refractivity contribution in [3.63, 3.8) is 0 Å². The number of hydrogen-bond acceptors (Lipinski definition) is 4. The third kappa shape index (κ3) is 3.86. The van der Waals surface area contributed by atoms with E-state index in [1.165, 1.54) is 0 Å². The van der Waals surface area contributed by atoms with E-state index in [0.29, 0.717) is 5.92 Å². The summed E-state index contributed by atoms with van der Waals surface area (Å²) in [4.78, 5) is 27.3. The van der Waals surface area contributed by atoms with Gasteiger partial charge in [0, 0.05) is 55.5 Å². The molecule has 1 saturated heterocycles. The topological polar surface area (TPSA) is 59.0 Å². The summed E-state index contributed by atoms with van der Waals surface area (Å²) in [5.74, 6) is 1.38. The van der Waals surface area contributed by atoms with Crippen molar-refractivity contribution in [2.24, 2.45) is 0 Å². The summed E-state index contributed by atoms with van der Waals surface area (Å²) < 4.78 is 0. The van der Waals surface area contributed by atoms with Gasteiger partial charge in [0.2, 0.25) is 5.91 Å². The summed E-state index contributed by atoms with van der Waals surface area (Å²) in [6, 6.07) is 4.01. The maximum absolute atomic E-state index is 11.6. The van der Waals surface area contributed by atoms with Gasteiger partial charge in [-0.3, -0.25) is 9.78 Å². The highest BCUT2D eigenvalue weighted by Crippen LogP contribution is 2.35. The Kier molecular flexibility index (Phi) is 4.84. The van der Waals surface area contributed by atoms with Gasteiger partial charge >= 0.3 is 0 Å². The Morgan fingerprint density at radius 3 is 2.36 bits per heavy atom. The second kappa shape index (κ2) is 6.90. The van der Waals surface area contributed by atoms with E-state index in [1.54, 1.807) is 19.3 Å². The molecule has 132 valence electrons. The van der Waals surface area contributed by atoms with Gasteiger partial charge in [-0.25, -0.2) is 9.97 Å². The van der Waals surface area contributed by atoms with Crippen molar-refractivity contribution >= 4 is 5.91 Å². The number of hydrogen-bond donors (Lipinski definition) is 0. The molecule has 0 spiro atoms. The number of piperidine rings is 1. The summed E-state index contributed by atoms with van der Waals surface area (Å²) in [6.45, 7) is 9.64. The van der Waals surface area contributed by atoms with Crippen LogP contribution in [0.1, 0.15) is 58.0 Å². The lowest BCUT2D eigenvalue weighted by atomic mass is 9.88. The summed E-state index contributed by atoms with van der Waals surface area (Å²) in [6.07, 6.45) is 7.44. The van der Waals surface area contributed by atoms with Crippen LogP contribution in [0.5, 0.6) is 0 Å². The van der Waals surface area contributed by atoms with E-state index in [4.69, 9.17) is 4.98 Å². The van der Waals surface area contributed by atoms with Crippen molar-refractivity contribution < 1.29 is 4.79 Å². The van der Waals surface area contributed by atoms with Crippen LogP contribution in [0.15, 0.2) is 30.7 Å². The SMILES string of the molecule is CC(=O)N1CCC(c2nc(C(C)(C)C)ncc2-c2ccncc2)CC1. The van der Waals surface area contributed by atoms with Crippen molar-refractivity contribution in [3.05, 3.63) is 42.2 Å². The number of nitrogens with zero attached hydrogens (tertiary/aromatic N) is 4. The average Bonchev–Trinajstić information content (AvgIpc) is 2.61. The summed E-state index contributed by atoms with van der Waals surface area (Å²) >= 11 is 0. The van der Waals surface area contributed by atoms with Gasteiger partial charge < -0.3 is 4.90 Å². The Balaban J connectivity index is 1.99. The van der Waals surface area contributed by atoms with Gasteiger partial charge in [-0.2, -0.15) is 0 Å². The molecule has 2 aromatic heterocycles. The lowest BCUT2D eigenvalue weighted by Crippen LogP contribution is -2.36. The predicted molar refractivity (Wildman–Crippen MR) is 98.2 cm³/mol. The molecule has 1 aliphatic heterocycles. The Morgan fingerprint density at radius 1 is 1.16 bits per heavy atom. The van der Waals surface area contributed by atoms with Crippen LogP contribution in [0.4, 0.5) is 0 Å². The zero-order valence-corrected chi connectivity index (χ0v) is 15.5. The molecule has 3 rings (SSSR count). The van der Waals surface area contributed by atoms with Crippen LogP contribution in [-0.4, -0.2) is 38.8 Å². The van der Waals surface area contributed by atoms with Crippen molar-refractivity contribution in [1.82, 2.24) is 19.9 Å². The van der Waals surface area contributed by atoms with E-state index in [0.717, 1.165) is 48.6 Å². The molecule has 0 atom stereocenters. The third-order valence-electron chi connectivity index (χ3n) is 4.81. The smallest absolute Gasteiger partial charge is 0.219 e. The molecule has 25 heavy (non-hydrogen) atoms. The second-order valence-corrected chi connectivity index (χ2v) is 7.76.